The van der Waals surface area contributed by atoms with Gasteiger partial charge in [0, 0.05) is 31.2 Å². The van der Waals surface area contributed by atoms with Crippen LogP contribution in [0.25, 0.3) is 0 Å². The van der Waals surface area contributed by atoms with Crippen LogP contribution in [0.5, 0.6) is 0 Å². The third-order valence-corrected chi connectivity index (χ3v) is 5.36. The number of hydrogen-bond donors (Lipinski definition) is 1. The molecule has 0 amide bonds. The van der Waals surface area contributed by atoms with Gasteiger partial charge in [-0.3, -0.25) is 9.80 Å². The second-order valence-corrected chi connectivity index (χ2v) is 6.90. The first-order valence-corrected chi connectivity index (χ1v) is 8.44. The van der Waals surface area contributed by atoms with Crippen molar-refractivity contribution in [3.63, 3.8) is 0 Å². The van der Waals surface area contributed by atoms with Crippen LogP contribution in [-0.4, -0.2) is 48.1 Å². The van der Waals surface area contributed by atoms with Crippen LogP contribution in [0.15, 0.2) is 24.3 Å². The number of likely N-dealkylation sites (tertiary alicyclic amines) is 2. The molecule has 0 bridgehead atoms. The summed E-state index contributed by atoms with van der Waals surface area (Å²) in [4.78, 5) is 5.32. The van der Waals surface area contributed by atoms with Crippen LogP contribution in [0.2, 0.25) is 0 Å². The summed E-state index contributed by atoms with van der Waals surface area (Å²) >= 11 is 0. The van der Waals surface area contributed by atoms with Gasteiger partial charge in [0.2, 0.25) is 0 Å². The fraction of sp³-hybridized carbons (Fsp3) is 0.667. The number of hydrogen-bond acceptors (Lipinski definition) is 3. The monoisotopic (exact) mass is 287 g/mol. The Balaban J connectivity index is 1.59. The normalized spacial score (nSPS) is 27.1. The molecule has 2 unspecified atom stereocenters. The quantitative estimate of drug-likeness (QED) is 0.927. The van der Waals surface area contributed by atoms with E-state index in [1.165, 1.54) is 56.6 Å². The average molecular weight is 287 g/mol. The standard InChI is InChI=1S/C18H29N3/c1-14-4-3-5-16(12-14)15(2)21-11-8-18(13-21)20-9-6-17(19)7-10-20/h3-5,12,15,17-18H,6-11,13,19H2,1-2H3. The Morgan fingerprint density at radius 2 is 1.90 bits per heavy atom. The largest absolute Gasteiger partial charge is 0.328 e. The SMILES string of the molecule is Cc1cccc(C(C)N2CCC(N3CCC(N)CC3)C2)c1. The van der Waals surface area contributed by atoms with Crippen LogP contribution < -0.4 is 5.73 Å². The van der Waals surface area contributed by atoms with Crippen LogP contribution >= 0.6 is 0 Å². The highest BCUT2D eigenvalue weighted by Gasteiger charge is 2.32. The van der Waals surface area contributed by atoms with Gasteiger partial charge in [-0.05, 0) is 51.8 Å². The van der Waals surface area contributed by atoms with E-state index in [9.17, 15) is 0 Å². The molecule has 2 saturated heterocycles. The van der Waals surface area contributed by atoms with E-state index in [0.29, 0.717) is 12.1 Å². The van der Waals surface area contributed by atoms with E-state index in [0.717, 1.165) is 6.04 Å². The van der Waals surface area contributed by atoms with Crippen molar-refractivity contribution in [1.29, 1.82) is 0 Å². The van der Waals surface area contributed by atoms with Gasteiger partial charge in [-0.15, -0.1) is 0 Å². The van der Waals surface area contributed by atoms with Crippen molar-refractivity contribution in [1.82, 2.24) is 9.80 Å². The van der Waals surface area contributed by atoms with Gasteiger partial charge >= 0.3 is 0 Å². The zero-order valence-corrected chi connectivity index (χ0v) is 13.5. The van der Waals surface area contributed by atoms with Gasteiger partial charge < -0.3 is 5.73 Å². The maximum atomic E-state index is 6.02. The first-order chi connectivity index (χ1) is 10.1. The van der Waals surface area contributed by atoms with Gasteiger partial charge in [-0.2, -0.15) is 0 Å². The van der Waals surface area contributed by atoms with E-state index in [1.807, 2.05) is 0 Å². The minimum atomic E-state index is 0.435. The van der Waals surface area contributed by atoms with E-state index in [-0.39, 0.29) is 0 Å². The first-order valence-electron chi connectivity index (χ1n) is 8.44. The highest BCUT2D eigenvalue weighted by Crippen LogP contribution is 2.28. The molecule has 0 spiro atoms. The zero-order chi connectivity index (χ0) is 14.8. The molecule has 21 heavy (non-hydrogen) atoms. The molecule has 1 aromatic carbocycles. The molecule has 2 N–H and O–H groups in total. The molecule has 2 atom stereocenters. The van der Waals surface area contributed by atoms with E-state index in [2.05, 4.69) is 47.9 Å². The number of piperidine rings is 1. The molecule has 0 saturated carbocycles. The lowest BCUT2D eigenvalue weighted by Crippen LogP contribution is -2.46. The van der Waals surface area contributed by atoms with Crippen molar-refractivity contribution in [3.8, 4) is 0 Å². The highest BCUT2D eigenvalue weighted by molar-refractivity contribution is 5.25. The van der Waals surface area contributed by atoms with Crippen LogP contribution in [0.4, 0.5) is 0 Å². The van der Waals surface area contributed by atoms with Crippen molar-refractivity contribution >= 4 is 0 Å². The number of aryl methyl sites for hydroxylation is 1. The van der Waals surface area contributed by atoms with Gasteiger partial charge in [0.25, 0.3) is 0 Å². The summed E-state index contributed by atoms with van der Waals surface area (Å²) in [7, 11) is 0. The van der Waals surface area contributed by atoms with Gasteiger partial charge in [0.05, 0.1) is 0 Å². The lowest BCUT2D eigenvalue weighted by Gasteiger charge is -2.35. The predicted octanol–water partition coefficient (Wildman–Crippen LogP) is 2.55. The number of nitrogens with zero attached hydrogens (tertiary/aromatic N) is 2. The molecule has 2 fully saturated rings. The summed E-state index contributed by atoms with van der Waals surface area (Å²) in [5.74, 6) is 0. The summed E-state index contributed by atoms with van der Waals surface area (Å²) in [5, 5.41) is 0. The summed E-state index contributed by atoms with van der Waals surface area (Å²) < 4.78 is 0. The molecular formula is C18H29N3. The lowest BCUT2D eigenvalue weighted by atomic mass is 10.0. The Labute approximate surface area is 129 Å². The van der Waals surface area contributed by atoms with Crippen LogP contribution in [0.1, 0.15) is 43.4 Å². The zero-order valence-electron chi connectivity index (χ0n) is 13.5. The minimum Gasteiger partial charge on any atom is -0.328 e. The van der Waals surface area contributed by atoms with E-state index >= 15 is 0 Å². The molecule has 2 aliphatic rings. The fourth-order valence-electron chi connectivity index (χ4n) is 3.84. The maximum Gasteiger partial charge on any atom is 0.0320 e. The molecule has 0 aromatic heterocycles. The second kappa shape index (κ2) is 6.47. The molecular weight excluding hydrogens is 258 g/mol. The Kier molecular flexibility index (Phi) is 4.63. The Morgan fingerprint density at radius 1 is 1.14 bits per heavy atom. The predicted molar refractivity (Wildman–Crippen MR) is 88.4 cm³/mol. The molecule has 2 heterocycles. The number of benzene rings is 1. The van der Waals surface area contributed by atoms with E-state index in [4.69, 9.17) is 5.73 Å². The van der Waals surface area contributed by atoms with E-state index in [1.54, 1.807) is 0 Å². The molecule has 3 rings (SSSR count). The van der Waals surface area contributed by atoms with Crippen molar-refractivity contribution in [3.05, 3.63) is 35.4 Å². The number of nitrogens with two attached hydrogens (primary N) is 1. The maximum absolute atomic E-state index is 6.02. The topological polar surface area (TPSA) is 32.5 Å². The van der Waals surface area contributed by atoms with Crippen molar-refractivity contribution in [2.24, 2.45) is 5.73 Å². The molecule has 0 radical (unpaired) electrons. The van der Waals surface area contributed by atoms with Crippen molar-refractivity contribution in [2.45, 2.75) is 51.2 Å². The molecule has 116 valence electrons. The summed E-state index contributed by atoms with van der Waals surface area (Å²) in [6, 6.07) is 10.7. The van der Waals surface area contributed by atoms with Crippen LogP contribution in [-0.2, 0) is 0 Å². The van der Waals surface area contributed by atoms with Gasteiger partial charge in [0.15, 0.2) is 0 Å². The smallest absolute Gasteiger partial charge is 0.0320 e. The summed E-state index contributed by atoms with van der Waals surface area (Å²) in [5.41, 5.74) is 8.84. The van der Waals surface area contributed by atoms with Crippen LogP contribution in [0.3, 0.4) is 0 Å². The number of rotatable bonds is 3. The fourth-order valence-corrected chi connectivity index (χ4v) is 3.84. The van der Waals surface area contributed by atoms with E-state index < -0.39 is 0 Å². The highest BCUT2D eigenvalue weighted by atomic mass is 15.3. The van der Waals surface area contributed by atoms with Gasteiger partial charge in [-0.25, -0.2) is 0 Å². The first kappa shape index (κ1) is 15.0. The second-order valence-electron chi connectivity index (χ2n) is 6.90. The molecule has 1 aromatic rings. The lowest BCUT2D eigenvalue weighted by molar-refractivity contribution is 0.146. The summed E-state index contributed by atoms with van der Waals surface area (Å²) in [6.07, 6.45) is 3.65. The average Bonchev–Trinajstić information content (AvgIpc) is 2.97. The molecule has 2 aliphatic heterocycles. The van der Waals surface area contributed by atoms with Crippen molar-refractivity contribution in [2.75, 3.05) is 26.2 Å². The molecule has 3 heteroatoms. The Morgan fingerprint density at radius 3 is 2.62 bits per heavy atom. The van der Waals surface area contributed by atoms with Crippen LogP contribution in [0, 0.1) is 6.92 Å². The third-order valence-electron chi connectivity index (χ3n) is 5.36. The minimum absolute atomic E-state index is 0.435. The Bertz CT molecular complexity index is 465. The Hall–Kier alpha value is -0.900. The van der Waals surface area contributed by atoms with Crippen molar-refractivity contribution < 1.29 is 0 Å². The third kappa shape index (κ3) is 3.47. The molecule has 3 nitrogen and oxygen atoms in total. The van der Waals surface area contributed by atoms with Gasteiger partial charge in [0.1, 0.15) is 0 Å². The van der Waals surface area contributed by atoms with Gasteiger partial charge in [-0.1, -0.05) is 29.8 Å². The molecule has 0 aliphatic carbocycles. The summed E-state index contributed by atoms with van der Waals surface area (Å²) in [6.45, 7) is 9.35.